The monoisotopic (exact) mass is 299 g/mol. The predicted octanol–water partition coefficient (Wildman–Crippen LogP) is 0.533. The fourth-order valence-corrected chi connectivity index (χ4v) is 2.63. The second-order valence-corrected chi connectivity index (χ2v) is 6.84. The number of carboxylic acid groups (broad SMARTS) is 1. The molecule has 0 saturated heterocycles. The quantitative estimate of drug-likeness (QED) is 0.827. The summed E-state index contributed by atoms with van der Waals surface area (Å²) < 4.78 is 23.4. The summed E-state index contributed by atoms with van der Waals surface area (Å²) in [5.41, 5.74) is 0.868. The molecule has 0 aliphatic heterocycles. The van der Waals surface area contributed by atoms with Crippen molar-refractivity contribution >= 4 is 21.7 Å². The number of nitrogens with zero attached hydrogens (tertiary/aromatic N) is 1. The van der Waals surface area contributed by atoms with Crippen LogP contribution in [0.15, 0.2) is 30.3 Å². The van der Waals surface area contributed by atoms with Gasteiger partial charge >= 0.3 is 5.97 Å². The molecule has 1 aromatic carbocycles. The van der Waals surface area contributed by atoms with E-state index in [4.69, 9.17) is 5.11 Å². The van der Waals surface area contributed by atoms with Crippen molar-refractivity contribution < 1.29 is 23.1 Å². The lowest BCUT2D eigenvalue weighted by Crippen LogP contribution is -2.37. The van der Waals surface area contributed by atoms with Crippen molar-refractivity contribution in [3.8, 4) is 0 Å². The molecule has 0 fully saturated rings. The van der Waals surface area contributed by atoms with Gasteiger partial charge in [0.15, 0.2) is 15.1 Å². The Bertz CT molecular complexity index is 582. The lowest BCUT2D eigenvalue weighted by Gasteiger charge is -2.18. The van der Waals surface area contributed by atoms with Gasteiger partial charge in [-0.1, -0.05) is 30.3 Å². The summed E-state index contributed by atoms with van der Waals surface area (Å²) in [6, 6.07) is 9.11. The number of rotatable bonds is 6. The Balaban J connectivity index is 2.69. The van der Waals surface area contributed by atoms with E-state index >= 15 is 0 Å². The molecule has 0 saturated carbocycles. The molecule has 1 unspecified atom stereocenters. The number of benzene rings is 1. The van der Waals surface area contributed by atoms with Crippen LogP contribution in [0.1, 0.15) is 12.5 Å². The molecule has 0 aromatic heterocycles. The first kappa shape index (κ1) is 16.2. The molecule has 0 bridgehead atoms. The first-order chi connectivity index (χ1) is 9.24. The third-order valence-electron chi connectivity index (χ3n) is 2.90. The summed E-state index contributed by atoms with van der Waals surface area (Å²) in [6.07, 6.45) is 0. The fourth-order valence-electron chi connectivity index (χ4n) is 1.51. The van der Waals surface area contributed by atoms with Crippen molar-refractivity contribution in [2.45, 2.75) is 18.7 Å². The maximum atomic E-state index is 11.8. The molecule has 0 heterocycles. The summed E-state index contributed by atoms with van der Waals surface area (Å²) in [5, 5.41) is 7.11. The molecule has 1 amide bonds. The van der Waals surface area contributed by atoms with E-state index in [2.05, 4.69) is 0 Å². The maximum absolute atomic E-state index is 11.8. The highest BCUT2D eigenvalue weighted by Gasteiger charge is 2.30. The molecule has 1 N–H and O–H groups in total. The van der Waals surface area contributed by atoms with Crippen LogP contribution < -0.4 is 0 Å². The minimum atomic E-state index is -3.99. The van der Waals surface area contributed by atoms with Crippen LogP contribution in [0.2, 0.25) is 0 Å². The predicted molar refractivity (Wildman–Crippen MR) is 73.8 cm³/mol. The highest BCUT2D eigenvalue weighted by molar-refractivity contribution is 7.93. The zero-order chi connectivity index (χ0) is 15.3. The Morgan fingerprint density at radius 2 is 1.80 bits per heavy atom. The van der Waals surface area contributed by atoms with Gasteiger partial charge in [-0.25, -0.2) is 8.42 Å². The Morgan fingerprint density at radius 3 is 2.30 bits per heavy atom. The van der Waals surface area contributed by atoms with Gasteiger partial charge in [0.1, 0.15) is 5.75 Å². The van der Waals surface area contributed by atoms with E-state index in [1.54, 1.807) is 0 Å². The summed E-state index contributed by atoms with van der Waals surface area (Å²) >= 11 is 0. The van der Waals surface area contributed by atoms with Crippen molar-refractivity contribution in [1.82, 2.24) is 4.90 Å². The summed E-state index contributed by atoms with van der Waals surface area (Å²) in [7, 11) is -2.50. The summed E-state index contributed by atoms with van der Waals surface area (Å²) in [4.78, 5) is 23.8. The highest BCUT2D eigenvalue weighted by Crippen LogP contribution is 2.07. The molecular weight excluding hydrogens is 282 g/mol. The fraction of sp³-hybridized carbons (Fsp3) is 0.385. The Hall–Kier alpha value is -1.89. The lowest BCUT2D eigenvalue weighted by atomic mass is 10.2. The van der Waals surface area contributed by atoms with E-state index < -0.39 is 32.7 Å². The van der Waals surface area contributed by atoms with Gasteiger partial charge in [-0.15, -0.1) is 0 Å². The SMILES string of the molecule is CC(C(=O)O)S(=O)(=O)CC(=O)N(C)Cc1ccccc1. The number of sulfone groups is 1. The first-order valence-electron chi connectivity index (χ1n) is 5.96. The number of carbonyl (C=O) groups is 2. The largest absolute Gasteiger partial charge is 0.480 e. The van der Waals surface area contributed by atoms with Gasteiger partial charge in [0.05, 0.1) is 0 Å². The zero-order valence-corrected chi connectivity index (χ0v) is 12.1. The van der Waals surface area contributed by atoms with Crippen LogP contribution in [-0.4, -0.2) is 48.4 Å². The smallest absolute Gasteiger partial charge is 0.321 e. The van der Waals surface area contributed by atoms with E-state index in [9.17, 15) is 18.0 Å². The van der Waals surface area contributed by atoms with Gasteiger partial charge in [-0.3, -0.25) is 9.59 Å². The van der Waals surface area contributed by atoms with Crippen LogP contribution in [-0.2, 0) is 26.0 Å². The number of carboxylic acids is 1. The van der Waals surface area contributed by atoms with Crippen molar-refractivity contribution in [3.63, 3.8) is 0 Å². The number of aliphatic carboxylic acids is 1. The van der Waals surface area contributed by atoms with Crippen LogP contribution >= 0.6 is 0 Å². The average molecular weight is 299 g/mol. The minimum absolute atomic E-state index is 0.274. The Kier molecular flexibility index (Phi) is 5.26. The molecule has 1 aromatic rings. The molecule has 110 valence electrons. The van der Waals surface area contributed by atoms with E-state index in [1.165, 1.54) is 11.9 Å². The second-order valence-electron chi connectivity index (χ2n) is 4.52. The van der Waals surface area contributed by atoms with Crippen LogP contribution in [0.25, 0.3) is 0 Å². The number of carbonyl (C=O) groups excluding carboxylic acids is 1. The summed E-state index contributed by atoms with van der Waals surface area (Å²) in [6.45, 7) is 1.33. The van der Waals surface area contributed by atoms with Crippen molar-refractivity contribution in [2.24, 2.45) is 0 Å². The molecule has 0 aliphatic carbocycles. The van der Waals surface area contributed by atoms with E-state index in [-0.39, 0.29) is 6.54 Å². The standard InChI is InChI=1S/C13H17NO5S/c1-10(13(16)17)20(18,19)9-12(15)14(2)8-11-6-4-3-5-7-11/h3-7,10H,8-9H2,1-2H3,(H,16,17). The van der Waals surface area contributed by atoms with Crippen molar-refractivity contribution in [1.29, 1.82) is 0 Å². The molecule has 6 nitrogen and oxygen atoms in total. The van der Waals surface area contributed by atoms with E-state index in [0.717, 1.165) is 12.5 Å². The highest BCUT2D eigenvalue weighted by atomic mass is 32.2. The van der Waals surface area contributed by atoms with Gasteiger partial charge in [0.25, 0.3) is 0 Å². The Morgan fingerprint density at radius 1 is 1.25 bits per heavy atom. The number of hydrogen-bond acceptors (Lipinski definition) is 4. The van der Waals surface area contributed by atoms with Gasteiger partial charge in [0, 0.05) is 13.6 Å². The van der Waals surface area contributed by atoms with Crippen LogP contribution in [0.5, 0.6) is 0 Å². The topological polar surface area (TPSA) is 91.7 Å². The molecule has 0 radical (unpaired) electrons. The zero-order valence-electron chi connectivity index (χ0n) is 11.3. The van der Waals surface area contributed by atoms with Crippen LogP contribution in [0.3, 0.4) is 0 Å². The van der Waals surface area contributed by atoms with Gasteiger partial charge in [0.2, 0.25) is 5.91 Å². The molecule has 20 heavy (non-hydrogen) atoms. The van der Waals surface area contributed by atoms with Gasteiger partial charge < -0.3 is 10.0 Å². The maximum Gasteiger partial charge on any atom is 0.321 e. The molecule has 7 heteroatoms. The molecule has 1 atom stereocenters. The third-order valence-corrected chi connectivity index (χ3v) is 4.83. The first-order valence-corrected chi connectivity index (χ1v) is 7.68. The normalized spacial score (nSPS) is 12.7. The number of hydrogen-bond donors (Lipinski definition) is 1. The minimum Gasteiger partial charge on any atom is -0.480 e. The number of amides is 1. The molecule has 0 aliphatic rings. The average Bonchev–Trinajstić information content (AvgIpc) is 2.38. The van der Waals surface area contributed by atoms with Crippen molar-refractivity contribution in [2.75, 3.05) is 12.8 Å². The van der Waals surface area contributed by atoms with Crippen molar-refractivity contribution in [3.05, 3.63) is 35.9 Å². The van der Waals surface area contributed by atoms with E-state index in [1.807, 2.05) is 30.3 Å². The molecular formula is C13H17NO5S. The molecule has 1 rings (SSSR count). The third kappa shape index (κ3) is 4.34. The van der Waals surface area contributed by atoms with Crippen LogP contribution in [0, 0.1) is 0 Å². The van der Waals surface area contributed by atoms with E-state index in [0.29, 0.717) is 0 Å². The van der Waals surface area contributed by atoms with Gasteiger partial charge in [-0.2, -0.15) is 0 Å². The summed E-state index contributed by atoms with van der Waals surface area (Å²) in [5.74, 6) is -2.88. The second kappa shape index (κ2) is 6.51. The lowest BCUT2D eigenvalue weighted by molar-refractivity contribution is -0.136. The van der Waals surface area contributed by atoms with Gasteiger partial charge in [-0.05, 0) is 12.5 Å². The Labute approximate surface area is 117 Å². The molecule has 0 spiro atoms. The van der Waals surface area contributed by atoms with Crippen LogP contribution in [0.4, 0.5) is 0 Å².